The number of nitrogens with zero attached hydrogens (tertiary/aromatic N) is 1. The molecule has 0 radical (unpaired) electrons. The number of thioether (sulfide) groups is 1. The highest BCUT2D eigenvalue weighted by Gasteiger charge is 2.25. The van der Waals surface area contributed by atoms with Crippen molar-refractivity contribution in [1.29, 1.82) is 0 Å². The normalized spacial score (nSPS) is 18.8. The summed E-state index contributed by atoms with van der Waals surface area (Å²) in [6.07, 6.45) is 0. The Labute approximate surface area is 124 Å². The van der Waals surface area contributed by atoms with E-state index in [-0.39, 0.29) is 24.4 Å². The molecule has 1 atom stereocenters. The number of carbonyl (C=O) groups is 1. The number of carbonyl (C=O) groups excluding carboxylic acids is 1. The minimum atomic E-state index is -0.00148. The average Bonchev–Trinajstić information content (AvgIpc) is 2.88. The lowest BCUT2D eigenvalue weighted by atomic mass is 10.3. The van der Waals surface area contributed by atoms with Crippen molar-refractivity contribution in [2.45, 2.75) is 12.6 Å². The molecule has 1 fully saturated rings. The van der Waals surface area contributed by atoms with E-state index in [1.165, 1.54) is 4.88 Å². The highest BCUT2D eigenvalue weighted by atomic mass is 79.9. The first kappa shape index (κ1) is 15.3. The van der Waals surface area contributed by atoms with Gasteiger partial charge in [0.1, 0.15) is 0 Å². The number of thiophene rings is 1. The third kappa shape index (κ3) is 4.13. The van der Waals surface area contributed by atoms with Gasteiger partial charge in [0.05, 0.1) is 12.6 Å². The summed E-state index contributed by atoms with van der Waals surface area (Å²) in [4.78, 5) is 15.0. The van der Waals surface area contributed by atoms with Crippen molar-refractivity contribution in [2.24, 2.45) is 0 Å². The number of nitrogens with one attached hydrogen (secondary N) is 1. The van der Waals surface area contributed by atoms with E-state index in [9.17, 15) is 4.79 Å². The molecule has 2 heterocycles. The minimum absolute atomic E-state index is 0. The standard InChI is InChI=1S/C10H13BrN2OS2.ClH/c1-13(3-8-2-7(11)4-16-8)10(14)9-5-15-6-12-9;/h2,4,9,12H,3,5-6H2,1H3;1H. The van der Waals surface area contributed by atoms with Crippen LogP contribution < -0.4 is 5.32 Å². The van der Waals surface area contributed by atoms with Gasteiger partial charge in [0.25, 0.3) is 0 Å². The first-order valence-corrected chi connectivity index (χ1v) is 7.78. The lowest BCUT2D eigenvalue weighted by Crippen LogP contribution is -2.42. The summed E-state index contributed by atoms with van der Waals surface area (Å²) in [5, 5.41) is 5.23. The molecule has 1 aliphatic rings. The molecule has 3 nitrogen and oxygen atoms in total. The Bertz CT molecular complexity index is 382. The van der Waals surface area contributed by atoms with E-state index in [2.05, 4.69) is 27.3 Å². The molecule has 0 spiro atoms. The second kappa shape index (κ2) is 6.99. The SMILES string of the molecule is CN(Cc1cc(Br)cs1)C(=O)C1CSCN1.Cl. The van der Waals surface area contributed by atoms with Crippen molar-refractivity contribution in [3.8, 4) is 0 Å². The molecule has 1 unspecified atom stereocenters. The molecule has 0 saturated carbocycles. The number of hydrogen-bond donors (Lipinski definition) is 1. The van der Waals surface area contributed by atoms with Crippen molar-refractivity contribution in [3.05, 3.63) is 20.8 Å². The number of rotatable bonds is 3. The van der Waals surface area contributed by atoms with Gasteiger partial charge in [-0.2, -0.15) is 0 Å². The molecule has 17 heavy (non-hydrogen) atoms. The lowest BCUT2D eigenvalue weighted by molar-refractivity contribution is -0.131. The van der Waals surface area contributed by atoms with Crippen LogP contribution in [0.5, 0.6) is 0 Å². The van der Waals surface area contributed by atoms with Crippen molar-refractivity contribution in [1.82, 2.24) is 10.2 Å². The van der Waals surface area contributed by atoms with Crippen LogP contribution in [-0.2, 0) is 11.3 Å². The Morgan fingerprint density at radius 2 is 2.47 bits per heavy atom. The van der Waals surface area contributed by atoms with E-state index in [0.29, 0.717) is 6.54 Å². The van der Waals surface area contributed by atoms with Crippen LogP contribution in [0.1, 0.15) is 4.88 Å². The van der Waals surface area contributed by atoms with Crippen LogP contribution in [0.25, 0.3) is 0 Å². The highest BCUT2D eigenvalue weighted by molar-refractivity contribution is 9.10. The van der Waals surface area contributed by atoms with Crippen molar-refractivity contribution >= 4 is 57.3 Å². The van der Waals surface area contributed by atoms with E-state index in [1.807, 2.05) is 12.4 Å². The van der Waals surface area contributed by atoms with Crippen molar-refractivity contribution in [3.63, 3.8) is 0 Å². The molecular weight excluding hydrogens is 344 g/mol. The topological polar surface area (TPSA) is 32.3 Å². The van der Waals surface area contributed by atoms with Crippen molar-refractivity contribution in [2.75, 3.05) is 18.7 Å². The fourth-order valence-corrected chi connectivity index (χ4v) is 4.00. The maximum absolute atomic E-state index is 12.0. The Morgan fingerprint density at radius 3 is 3.00 bits per heavy atom. The Kier molecular flexibility index (Phi) is 6.30. The van der Waals surface area contributed by atoms with Gasteiger partial charge in [-0.3, -0.25) is 10.1 Å². The molecule has 1 aromatic rings. The maximum Gasteiger partial charge on any atom is 0.240 e. The maximum atomic E-state index is 12.0. The van der Waals surface area contributed by atoms with Gasteiger partial charge in [-0.15, -0.1) is 35.5 Å². The van der Waals surface area contributed by atoms with E-state index in [4.69, 9.17) is 0 Å². The summed E-state index contributed by atoms with van der Waals surface area (Å²) < 4.78 is 1.09. The summed E-state index contributed by atoms with van der Waals surface area (Å²) in [5.41, 5.74) is 0. The molecule has 0 aromatic carbocycles. The molecule has 2 rings (SSSR count). The van der Waals surface area contributed by atoms with E-state index in [0.717, 1.165) is 16.1 Å². The van der Waals surface area contributed by atoms with Crippen LogP contribution in [0.4, 0.5) is 0 Å². The molecule has 1 aromatic heterocycles. The summed E-state index contributed by atoms with van der Waals surface area (Å²) in [5.74, 6) is 1.96. The van der Waals surface area contributed by atoms with Gasteiger partial charge in [0, 0.05) is 33.4 Å². The molecular formula is C10H14BrClN2OS2. The Balaban J connectivity index is 0.00000144. The molecule has 96 valence electrons. The van der Waals surface area contributed by atoms with Crippen LogP contribution in [-0.4, -0.2) is 35.5 Å². The average molecular weight is 358 g/mol. The van der Waals surface area contributed by atoms with Gasteiger partial charge in [-0.1, -0.05) is 0 Å². The van der Waals surface area contributed by atoms with Crippen molar-refractivity contribution < 1.29 is 4.79 Å². The Morgan fingerprint density at radius 1 is 1.71 bits per heavy atom. The summed E-state index contributed by atoms with van der Waals surface area (Å²) in [7, 11) is 1.86. The third-order valence-electron chi connectivity index (χ3n) is 2.41. The second-order valence-electron chi connectivity index (χ2n) is 3.70. The number of hydrogen-bond acceptors (Lipinski definition) is 4. The van der Waals surface area contributed by atoms with Crippen LogP contribution >= 0.6 is 51.4 Å². The highest BCUT2D eigenvalue weighted by Crippen LogP contribution is 2.21. The fourth-order valence-electron chi connectivity index (χ4n) is 1.57. The first-order chi connectivity index (χ1) is 7.66. The summed E-state index contributed by atoms with van der Waals surface area (Å²) in [6.45, 7) is 0.692. The predicted octanol–water partition coefficient (Wildman–Crippen LogP) is 2.55. The molecule has 1 saturated heterocycles. The van der Waals surface area contributed by atoms with E-state index in [1.54, 1.807) is 28.0 Å². The van der Waals surface area contributed by atoms with Crippen LogP contribution in [0, 0.1) is 0 Å². The zero-order valence-electron chi connectivity index (χ0n) is 9.31. The molecule has 0 aliphatic carbocycles. The van der Waals surface area contributed by atoms with E-state index < -0.39 is 0 Å². The zero-order chi connectivity index (χ0) is 11.5. The van der Waals surface area contributed by atoms with Gasteiger partial charge in [-0.05, 0) is 22.0 Å². The largest absolute Gasteiger partial charge is 0.339 e. The summed E-state index contributed by atoms with van der Waals surface area (Å²) >= 11 is 6.86. The fraction of sp³-hybridized carbons (Fsp3) is 0.500. The predicted molar refractivity (Wildman–Crippen MR) is 80.0 cm³/mol. The van der Waals surface area contributed by atoms with E-state index >= 15 is 0 Å². The smallest absolute Gasteiger partial charge is 0.240 e. The third-order valence-corrected chi connectivity index (χ3v) is 5.03. The number of halogens is 2. The number of amides is 1. The Hall–Kier alpha value is 0.250. The lowest BCUT2D eigenvalue weighted by Gasteiger charge is -2.19. The molecule has 0 bridgehead atoms. The van der Waals surface area contributed by atoms with Gasteiger partial charge in [0.2, 0.25) is 5.91 Å². The zero-order valence-corrected chi connectivity index (χ0v) is 13.3. The molecule has 1 aliphatic heterocycles. The second-order valence-corrected chi connectivity index (χ2v) is 6.64. The minimum Gasteiger partial charge on any atom is -0.339 e. The van der Waals surface area contributed by atoms with Crippen LogP contribution in [0.3, 0.4) is 0 Å². The van der Waals surface area contributed by atoms with Crippen LogP contribution in [0.15, 0.2) is 15.9 Å². The molecule has 1 N–H and O–H groups in total. The monoisotopic (exact) mass is 356 g/mol. The quantitative estimate of drug-likeness (QED) is 0.902. The van der Waals surface area contributed by atoms with Crippen LogP contribution in [0.2, 0.25) is 0 Å². The molecule has 7 heteroatoms. The van der Waals surface area contributed by atoms with Gasteiger partial charge >= 0.3 is 0 Å². The van der Waals surface area contributed by atoms with Gasteiger partial charge < -0.3 is 4.90 Å². The first-order valence-electron chi connectivity index (χ1n) is 4.96. The summed E-state index contributed by atoms with van der Waals surface area (Å²) in [6, 6.07) is 2.06. The van der Waals surface area contributed by atoms with Gasteiger partial charge in [-0.25, -0.2) is 0 Å². The molecule has 1 amide bonds. The van der Waals surface area contributed by atoms with Gasteiger partial charge in [0.15, 0.2) is 0 Å². The number of likely N-dealkylation sites (N-methyl/N-ethyl adjacent to an activating group) is 1.